The van der Waals surface area contributed by atoms with Crippen molar-refractivity contribution >= 4 is 27.5 Å². The van der Waals surface area contributed by atoms with E-state index in [0.29, 0.717) is 16.3 Å². The number of halogens is 2. The molecule has 2 fully saturated rings. The second kappa shape index (κ2) is 4.87. The summed E-state index contributed by atoms with van der Waals surface area (Å²) in [5.74, 6) is 0.0746. The smallest absolute Gasteiger partial charge is 0.229 e. The van der Waals surface area contributed by atoms with Gasteiger partial charge in [-0.15, -0.1) is 0 Å². The first-order valence-corrected chi connectivity index (χ1v) is 7.37. The third-order valence-electron chi connectivity index (χ3n) is 4.49. The summed E-state index contributed by atoms with van der Waals surface area (Å²) in [7, 11) is 0. The Balaban J connectivity index is 1.79. The molecule has 3 rings (SSSR count). The summed E-state index contributed by atoms with van der Waals surface area (Å²) in [6.45, 7) is 0. The first-order valence-electron chi connectivity index (χ1n) is 6.58. The van der Waals surface area contributed by atoms with Gasteiger partial charge in [0, 0.05) is 10.5 Å². The van der Waals surface area contributed by atoms with Crippen LogP contribution >= 0.6 is 15.9 Å². The lowest BCUT2D eigenvalue weighted by Crippen LogP contribution is -2.42. The van der Waals surface area contributed by atoms with Crippen molar-refractivity contribution in [2.75, 3.05) is 5.32 Å². The average Bonchev–Trinajstić information content (AvgIpc) is 2.94. The number of rotatable bonds is 2. The van der Waals surface area contributed by atoms with Gasteiger partial charge in [-0.3, -0.25) is 4.79 Å². The van der Waals surface area contributed by atoms with E-state index in [2.05, 4.69) is 21.2 Å². The van der Waals surface area contributed by atoms with E-state index in [1.165, 1.54) is 6.07 Å². The Hall–Kier alpha value is -0.940. The van der Waals surface area contributed by atoms with Crippen molar-refractivity contribution in [3.05, 3.63) is 28.5 Å². The third kappa shape index (κ3) is 2.19. The van der Waals surface area contributed by atoms with Crippen molar-refractivity contribution in [3.63, 3.8) is 0 Å². The Morgan fingerprint density at radius 2 is 2.11 bits per heavy atom. The lowest BCUT2D eigenvalue weighted by molar-refractivity contribution is -0.121. The molecule has 19 heavy (non-hydrogen) atoms. The van der Waals surface area contributed by atoms with E-state index < -0.39 is 5.82 Å². The maximum atomic E-state index is 13.7. The van der Waals surface area contributed by atoms with Gasteiger partial charge in [0.1, 0.15) is 5.82 Å². The predicted octanol–water partition coefficient (Wildman–Crippen LogP) is 2.90. The number of hydrogen-bond acceptors (Lipinski definition) is 2. The molecule has 2 aliphatic carbocycles. The number of fused-ring (bicyclic) bond motifs is 2. The van der Waals surface area contributed by atoms with E-state index >= 15 is 0 Å². The summed E-state index contributed by atoms with van der Waals surface area (Å²) in [5, 5.41) is 2.69. The van der Waals surface area contributed by atoms with Crippen LogP contribution in [0.1, 0.15) is 19.3 Å². The van der Waals surface area contributed by atoms with Gasteiger partial charge >= 0.3 is 0 Å². The van der Waals surface area contributed by atoms with Gasteiger partial charge in [0.2, 0.25) is 5.91 Å². The van der Waals surface area contributed by atoms with Crippen LogP contribution in [0.5, 0.6) is 0 Å². The van der Waals surface area contributed by atoms with Gasteiger partial charge in [-0.25, -0.2) is 4.39 Å². The van der Waals surface area contributed by atoms with E-state index in [-0.39, 0.29) is 23.6 Å². The lowest BCUT2D eigenvalue weighted by Gasteiger charge is -2.27. The second-order valence-electron chi connectivity index (χ2n) is 5.52. The minimum Gasteiger partial charge on any atom is -0.327 e. The highest BCUT2D eigenvalue weighted by Gasteiger charge is 2.49. The fourth-order valence-electron chi connectivity index (χ4n) is 3.55. The molecule has 0 heterocycles. The molecule has 1 aromatic carbocycles. The van der Waals surface area contributed by atoms with Crippen LogP contribution in [0, 0.1) is 23.6 Å². The van der Waals surface area contributed by atoms with Crippen LogP contribution < -0.4 is 11.1 Å². The van der Waals surface area contributed by atoms with Gasteiger partial charge in [-0.05, 0) is 59.2 Å². The molecule has 0 aromatic heterocycles. The summed E-state index contributed by atoms with van der Waals surface area (Å²) in [6, 6.07) is 4.56. The number of amides is 1. The first-order chi connectivity index (χ1) is 9.08. The zero-order valence-corrected chi connectivity index (χ0v) is 12.0. The molecule has 0 aliphatic heterocycles. The standard InChI is InChI=1S/C14H16BrFN2O/c15-9-2-1-3-10(16)13(9)18-14(19)11-7-4-5-8(6-7)12(11)17/h1-3,7-8,11-12H,4-6,17H2,(H,18,19). The molecule has 0 spiro atoms. The van der Waals surface area contributed by atoms with E-state index in [9.17, 15) is 9.18 Å². The average molecular weight is 327 g/mol. The normalized spacial score (nSPS) is 32.6. The van der Waals surface area contributed by atoms with Crippen molar-refractivity contribution in [1.29, 1.82) is 0 Å². The SMILES string of the molecule is NC1C2CCC(C2)C1C(=O)Nc1c(F)cccc1Br. The van der Waals surface area contributed by atoms with Crippen molar-refractivity contribution < 1.29 is 9.18 Å². The number of hydrogen-bond donors (Lipinski definition) is 2. The highest BCUT2D eigenvalue weighted by Crippen LogP contribution is 2.48. The van der Waals surface area contributed by atoms with Crippen LogP contribution in [-0.4, -0.2) is 11.9 Å². The lowest BCUT2D eigenvalue weighted by atomic mass is 9.84. The molecule has 1 amide bonds. The van der Waals surface area contributed by atoms with E-state index in [1.807, 2.05) is 0 Å². The molecular weight excluding hydrogens is 311 g/mol. The maximum Gasteiger partial charge on any atom is 0.229 e. The Morgan fingerprint density at radius 3 is 2.74 bits per heavy atom. The number of nitrogens with two attached hydrogens (primary N) is 1. The molecule has 3 nitrogen and oxygen atoms in total. The number of carbonyl (C=O) groups excluding carboxylic acids is 1. The molecule has 2 aliphatic rings. The summed E-state index contributed by atoms with van der Waals surface area (Å²) >= 11 is 3.25. The molecule has 102 valence electrons. The Labute approximate surface area is 119 Å². The number of para-hydroxylation sites is 1. The summed E-state index contributed by atoms with van der Waals surface area (Å²) in [4.78, 5) is 12.3. The van der Waals surface area contributed by atoms with Crippen LogP contribution in [0.25, 0.3) is 0 Å². The zero-order chi connectivity index (χ0) is 13.6. The summed E-state index contributed by atoms with van der Waals surface area (Å²) < 4.78 is 14.3. The highest BCUT2D eigenvalue weighted by molar-refractivity contribution is 9.10. The molecular formula is C14H16BrFN2O. The quantitative estimate of drug-likeness (QED) is 0.878. The highest BCUT2D eigenvalue weighted by atomic mass is 79.9. The first kappa shape index (κ1) is 13.1. The van der Waals surface area contributed by atoms with Crippen molar-refractivity contribution in [1.82, 2.24) is 0 Å². The number of carbonyl (C=O) groups is 1. The number of benzene rings is 1. The van der Waals surface area contributed by atoms with E-state index in [0.717, 1.165) is 19.3 Å². The molecule has 3 N–H and O–H groups in total. The molecule has 4 atom stereocenters. The molecule has 1 aromatic rings. The fourth-order valence-corrected chi connectivity index (χ4v) is 3.99. The Kier molecular flexibility index (Phi) is 3.35. The minimum atomic E-state index is -0.431. The van der Waals surface area contributed by atoms with Crippen LogP contribution in [0.4, 0.5) is 10.1 Å². The van der Waals surface area contributed by atoms with Crippen molar-refractivity contribution in [2.24, 2.45) is 23.5 Å². The summed E-state index contributed by atoms with van der Waals surface area (Å²) in [6.07, 6.45) is 3.23. The molecule has 0 saturated heterocycles. The van der Waals surface area contributed by atoms with Gasteiger partial charge in [-0.1, -0.05) is 6.07 Å². The third-order valence-corrected chi connectivity index (χ3v) is 5.16. The topological polar surface area (TPSA) is 55.1 Å². The second-order valence-corrected chi connectivity index (χ2v) is 6.38. The van der Waals surface area contributed by atoms with Crippen molar-refractivity contribution in [2.45, 2.75) is 25.3 Å². The molecule has 5 heteroatoms. The van der Waals surface area contributed by atoms with Gasteiger partial charge in [0.15, 0.2) is 0 Å². The largest absolute Gasteiger partial charge is 0.327 e. The molecule has 2 saturated carbocycles. The fraction of sp³-hybridized carbons (Fsp3) is 0.500. The Morgan fingerprint density at radius 1 is 1.37 bits per heavy atom. The maximum absolute atomic E-state index is 13.7. The van der Waals surface area contributed by atoms with Crippen LogP contribution in [0.15, 0.2) is 22.7 Å². The van der Waals surface area contributed by atoms with E-state index in [4.69, 9.17) is 5.73 Å². The van der Waals surface area contributed by atoms with Crippen LogP contribution in [0.3, 0.4) is 0 Å². The number of anilines is 1. The predicted molar refractivity (Wildman–Crippen MR) is 75.0 cm³/mol. The molecule has 4 unspecified atom stereocenters. The minimum absolute atomic E-state index is 0.0794. The van der Waals surface area contributed by atoms with Gasteiger partial charge < -0.3 is 11.1 Å². The molecule has 2 bridgehead atoms. The monoisotopic (exact) mass is 326 g/mol. The molecule has 0 radical (unpaired) electrons. The van der Waals surface area contributed by atoms with Gasteiger partial charge in [-0.2, -0.15) is 0 Å². The van der Waals surface area contributed by atoms with Gasteiger partial charge in [0.05, 0.1) is 11.6 Å². The Bertz CT molecular complexity index is 500. The summed E-state index contributed by atoms with van der Waals surface area (Å²) in [5.41, 5.74) is 6.34. The van der Waals surface area contributed by atoms with Gasteiger partial charge in [0.25, 0.3) is 0 Å². The van der Waals surface area contributed by atoms with Crippen LogP contribution in [0.2, 0.25) is 0 Å². The van der Waals surface area contributed by atoms with Crippen molar-refractivity contribution in [3.8, 4) is 0 Å². The van der Waals surface area contributed by atoms with E-state index in [1.54, 1.807) is 12.1 Å². The number of nitrogens with one attached hydrogen (secondary N) is 1. The zero-order valence-electron chi connectivity index (χ0n) is 10.4. The van der Waals surface area contributed by atoms with Crippen LogP contribution in [-0.2, 0) is 4.79 Å².